The van der Waals surface area contributed by atoms with Crippen LogP contribution in [0.25, 0.3) is 0 Å². The van der Waals surface area contributed by atoms with Crippen molar-refractivity contribution in [1.82, 2.24) is 5.01 Å². The summed E-state index contributed by atoms with van der Waals surface area (Å²) in [5.74, 6) is -1.18. The molecule has 2 aliphatic heterocycles. The third-order valence-electron chi connectivity index (χ3n) is 4.92. The highest BCUT2D eigenvalue weighted by Crippen LogP contribution is 2.31. The zero-order valence-corrected chi connectivity index (χ0v) is 15.5. The average Bonchev–Trinajstić information content (AvgIpc) is 3.19. The number of amides is 3. The van der Waals surface area contributed by atoms with Crippen LogP contribution in [0.1, 0.15) is 11.1 Å². The highest BCUT2D eigenvalue weighted by Gasteiger charge is 2.55. The molecule has 142 valence electrons. The zero-order chi connectivity index (χ0) is 19.8. The third kappa shape index (κ3) is 2.92. The van der Waals surface area contributed by atoms with Crippen LogP contribution in [-0.4, -0.2) is 41.4 Å². The van der Waals surface area contributed by atoms with Gasteiger partial charge in [-0.2, -0.15) is 5.11 Å². The van der Waals surface area contributed by atoms with Crippen LogP contribution in [0.15, 0.2) is 58.9 Å². The maximum absolute atomic E-state index is 12.9. The number of aryl methyl sites for hydroxylation is 2. The fourth-order valence-corrected chi connectivity index (χ4v) is 3.52. The van der Waals surface area contributed by atoms with E-state index in [0.29, 0.717) is 5.69 Å². The Morgan fingerprint density at radius 3 is 2.36 bits per heavy atom. The maximum Gasteiger partial charge on any atom is 0.263 e. The number of carbonyl (C=O) groups is 3. The number of nitrogens with one attached hydrogen (secondary N) is 1. The Labute approximate surface area is 161 Å². The lowest BCUT2D eigenvalue weighted by Gasteiger charge is -2.20. The van der Waals surface area contributed by atoms with Crippen molar-refractivity contribution in [2.75, 3.05) is 16.8 Å². The normalized spacial score (nSPS) is 20.6. The number of fused-ring (bicyclic) bond motifs is 1. The van der Waals surface area contributed by atoms with Crippen LogP contribution in [0.2, 0.25) is 0 Å². The second-order valence-corrected chi connectivity index (χ2v) is 6.85. The number of carbonyl (C=O) groups excluding carboxylic acids is 3. The molecule has 2 aromatic carbocycles. The molecule has 0 bridgehead atoms. The van der Waals surface area contributed by atoms with Gasteiger partial charge in [0.05, 0.1) is 5.69 Å². The number of nitrogens with zero attached hydrogens (tertiary/aromatic N) is 4. The van der Waals surface area contributed by atoms with Gasteiger partial charge in [-0.05, 0) is 37.1 Å². The average molecular weight is 377 g/mol. The number of hydrogen-bond acceptors (Lipinski definition) is 6. The van der Waals surface area contributed by atoms with Crippen LogP contribution in [-0.2, 0) is 14.4 Å². The first kappa shape index (κ1) is 17.8. The topological polar surface area (TPSA) is 94.4 Å². The summed E-state index contributed by atoms with van der Waals surface area (Å²) in [6.07, 6.45) is 0. The van der Waals surface area contributed by atoms with Crippen molar-refractivity contribution in [3.8, 4) is 0 Å². The zero-order valence-electron chi connectivity index (χ0n) is 15.5. The summed E-state index contributed by atoms with van der Waals surface area (Å²) in [7, 11) is 0. The molecule has 0 unspecified atom stereocenters. The molecule has 0 aromatic heterocycles. The standard InChI is InChI=1S/C20H19N5O3/c1-12-7-6-8-13(2)16(12)21-15(26)11-24-18-17(22-23-24)19(27)25(20(18)28)14-9-4-3-5-10-14/h3-10,17-18H,11H2,1-2H3,(H,21,26)/t17-,18+/m1/s1. The molecule has 0 saturated carbocycles. The van der Waals surface area contributed by atoms with Gasteiger partial charge in [-0.25, -0.2) is 4.90 Å². The van der Waals surface area contributed by atoms with Gasteiger partial charge in [0.1, 0.15) is 6.54 Å². The predicted molar refractivity (Wildman–Crippen MR) is 103 cm³/mol. The Balaban J connectivity index is 1.50. The van der Waals surface area contributed by atoms with E-state index in [9.17, 15) is 14.4 Å². The van der Waals surface area contributed by atoms with Gasteiger partial charge < -0.3 is 5.32 Å². The van der Waals surface area contributed by atoms with Gasteiger partial charge in [-0.1, -0.05) is 41.6 Å². The molecule has 8 heteroatoms. The Hall–Kier alpha value is -3.55. The van der Waals surface area contributed by atoms with E-state index < -0.39 is 23.9 Å². The van der Waals surface area contributed by atoms with Crippen LogP contribution in [0.4, 0.5) is 11.4 Å². The van der Waals surface area contributed by atoms with Crippen LogP contribution in [0, 0.1) is 13.8 Å². The van der Waals surface area contributed by atoms with Crippen LogP contribution >= 0.6 is 0 Å². The van der Waals surface area contributed by atoms with Crippen molar-refractivity contribution in [1.29, 1.82) is 0 Å². The van der Waals surface area contributed by atoms with E-state index in [2.05, 4.69) is 15.7 Å². The molecule has 2 aliphatic rings. The lowest BCUT2D eigenvalue weighted by molar-refractivity contribution is -0.123. The van der Waals surface area contributed by atoms with E-state index in [0.717, 1.165) is 21.7 Å². The quantitative estimate of drug-likeness (QED) is 0.827. The van der Waals surface area contributed by atoms with Crippen molar-refractivity contribution in [3.05, 3.63) is 59.7 Å². The molecule has 0 spiro atoms. The minimum Gasteiger partial charge on any atom is -0.324 e. The third-order valence-corrected chi connectivity index (χ3v) is 4.92. The van der Waals surface area contributed by atoms with Crippen molar-refractivity contribution >= 4 is 29.1 Å². The van der Waals surface area contributed by atoms with Crippen molar-refractivity contribution in [3.63, 3.8) is 0 Å². The lowest BCUT2D eigenvalue weighted by Crippen LogP contribution is -2.43. The van der Waals surface area contributed by atoms with E-state index in [1.54, 1.807) is 30.3 Å². The van der Waals surface area contributed by atoms with Crippen molar-refractivity contribution in [2.45, 2.75) is 25.9 Å². The number of para-hydroxylation sites is 2. The minimum atomic E-state index is -0.916. The maximum atomic E-state index is 12.9. The van der Waals surface area contributed by atoms with Gasteiger partial charge in [0.15, 0.2) is 12.1 Å². The van der Waals surface area contributed by atoms with Gasteiger partial charge in [0, 0.05) is 5.69 Å². The molecule has 2 heterocycles. The smallest absolute Gasteiger partial charge is 0.263 e. The highest BCUT2D eigenvalue weighted by atomic mass is 16.2. The van der Waals surface area contributed by atoms with Crippen LogP contribution in [0.3, 0.4) is 0 Å². The molecule has 2 aromatic rings. The SMILES string of the molecule is Cc1cccc(C)c1NC(=O)CN1N=N[C@H]2C(=O)N(c3ccccc3)C(=O)[C@H]21. The first-order valence-electron chi connectivity index (χ1n) is 8.93. The van der Waals surface area contributed by atoms with E-state index >= 15 is 0 Å². The van der Waals surface area contributed by atoms with E-state index in [-0.39, 0.29) is 12.5 Å². The number of anilines is 2. The van der Waals surface area contributed by atoms with Gasteiger partial charge in [0.2, 0.25) is 5.91 Å². The number of benzene rings is 2. The largest absolute Gasteiger partial charge is 0.324 e. The highest BCUT2D eigenvalue weighted by molar-refractivity contribution is 6.25. The summed E-state index contributed by atoms with van der Waals surface area (Å²) in [5.41, 5.74) is 3.11. The monoisotopic (exact) mass is 377 g/mol. The fourth-order valence-electron chi connectivity index (χ4n) is 3.52. The van der Waals surface area contributed by atoms with E-state index in [1.807, 2.05) is 32.0 Å². The summed E-state index contributed by atoms with van der Waals surface area (Å²) in [6, 6.07) is 12.6. The molecule has 0 aliphatic carbocycles. The summed E-state index contributed by atoms with van der Waals surface area (Å²) >= 11 is 0. The van der Waals surface area contributed by atoms with E-state index in [4.69, 9.17) is 0 Å². The first-order chi connectivity index (χ1) is 13.5. The second kappa shape index (κ2) is 6.88. The van der Waals surface area contributed by atoms with Crippen molar-refractivity contribution < 1.29 is 14.4 Å². The molecule has 28 heavy (non-hydrogen) atoms. The van der Waals surface area contributed by atoms with Gasteiger partial charge >= 0.3 is 0 Å². The van der Waals surface area contributed by atoms with Crippen LogP contribution < -0.4 is 10.2 Å². The Morgan fingerprint density at radius 2 is 1.68 bits per heavy atom. The number of rotatable bonds is 4. The lowest BCUT2D eigenvalue weighted by atomic mass is 10.1. The van der Waals surface area contributed by atoms with Gasteiger partial charge in [-0.3, -0.25) is 19.4 Å². The molecule has 8 nitrogen and oxygen atoms in total. The molecule has 1 fully saturated rings. The summed E-state index contributed by atoms with van der Waals surface area (Å²) < 4.78 is 0. The van der Waals surface area contributed by atoms with Gasteiger partial charge in [0.25, 0.3) is 11.8 Å². The van der Waals surface area contributed by atoms with Crippen molar-refractivity contribution in [2.24, 2.45) is 10.3 Å². The Bertz CT molecular complexity index is 968. The summed E-state index contributed by atoms with van der Waals surface area (Å²) in [4.78, 5) is 39.2. The molecular formula is C20H19N5O3. The molecular weight excluding hydrogens is 358 g/mol. The Morgan fingerprint density at radius 1 is 1.00 bits per heavy atom. The minimum absolute atomic E-state index is 0.167. The molecule has 1 N–H and O–H groups in total. The first-order valence-corrected chi connectivity index (χ1v) is 8.93. The Kier molecular flexibility index (Phi) is 4.38. The fraction of sp³-hybridized carbons (Fsp3) is 0.250. The molecule has 0 radical (unpaired) electrons. The predicted octanol–water partition coefficient (Wildman–Crippen LogP) is 2.24. The molecule has 3 amide bonds. The molecule has 4 rings (SSSR count). The summed E-state index contributed by atoms with van der Waals surface area (Å²) in [6.45, 7) is 3.65. The van der Waals surface area contributed by atoms with E-state index in [1.165, 1.54) is 5.01 Å². The number of hydrogen-bond donors (Lipinski definition) is 1. The van der Waals surface area contributed by atoms with Crippen LogP contribution in [0.5, 0.6) is 0 Å². The second-order valence-electron chi connectivity index (χ2n) is 6.85. The molecule has 1 saturated heterocycles. The molecule has 2 atom stereocenters. The summed E-state index contributed by atoms with van der Waals surface area (Å²) in [5, 5.41) is 12.0. The number of imide groups is 1. The van der Waals surface area contributed by atoms with Gasteiger partial charge in [-0.15, -0.1) is 0 Å².